The van der Waals surface area contributed by atoms with E-state index in [4.69, 9.17) is 4.74 Å². The van der Waals surface area contributed by atoms with Crippen LogP contribution in [0.3, 0.4) is 0 Å². The van der Waals surface area contributed by atoms with Crippen LogP contribution in [0.2, 0.25) is 0 Å². The second kappa shape index (κ2) is 8.88. The average molecular weight is 433 g/mol. The van der Waals surface area contributed by atoms with Crippen LogP contribution in [-0.4, -0.2) is 9.99 Å². The van der Waals surface area contributed by atoms with Gasteiger partial charge in [0.05, 0.1) is 29.5 Å². The van der Waals surface area contributed by atoms with Gasteiger partial charge in [0.25, 0.3) is 0 Å². The highest BCUT2D eigenvalue weighted by molar-refractivity contribution is 5.41. The highest BCUT2D eigenvalue weighted by atomic mass is 19.4. The van der Waals surface area contributed by atoms with E-state index in [1.807, 2.05) is 0 Å². The van der Waals surface area contributed by atoms with Gasteiger partial charge in [-0.15, -0.1) is 5.11 Å². The van der Waals surface area contributed by atoms with Gasteiger partial charge in [-0.3, -0.25) is 4.98 Å². The first kappa shape index (κ1) is 21.0. The summed E-state index contributed by atoms with van der Waals surface area (Å²) in [4.78, 5) is 4.24. The molecule has 2 heterocycles. The molecule has 0 radical (unpaired) electrons. The van der Waals surface area contributed by atoms with E-state index in [1.54, 1.807) is 42.6 Å². The Hall–Kier alpha value is -4.21. The molecule has 2 aromatic carbocycles. The fourth-order valence-electron chi connectivity index (χ4n) is 2.98. The van der Waals surface area contributed by atoms with Crippen molar-refractivity contribution < 1.29 is 17.9 Å². The van der Waals surface area contributed by atoms with Crippen LogP contribution in [0.5, 0.6) is 0 Å². The molecule has 0 aliphatic carbocycles. The van der Waals surface area contributed by atoms with Crippen molar-refractivity contribution in [1.29, 1.82) is 5.26 Å². The predicted octanol–water partition coefficient (Wildman–Crippen LogP) is 5.51. The minimum atomic E-state index is -4.47. The van der Waals surface area contributed by atoms with Crippen LogP contribution in [0.15, 0.2) is 77.2 Å². The number of halogens is 3. The summed E-state index contributed by atoms with van der Waals surface area (Å²) in [6, 6.07) is 19.6. The third-order valence-corrected chi connectivity index (χ3v) is 4.52. The second-order valence-electron chi connectivity index (χ2n) is 6.72. The van der Waals surface area contributed by atoms with Gasteiger partial charge in [-0.05, 0) is 48.4 Å². The van der Waals surface area contributed by atoms with E-state index in [1.165, 1.54) is 17.1 Å². The fraction of sp³-hybridized carbons (Fsp3) is 0.130. The van der Waals surface area contributed by atoms with E-state index in [0.717, 1.165) is 12.1 Å². The van der Waals surface area contributed by atoms with Crippen LogP contribution in [0.25, 0.3) is 0 Å². The molecule has 158 valence electrons. The molecule has 0 fully saturated rings. The first-order chi connectivity index (χ1) is 15.4. The molecule has 4 rings (SSSR count). The van der Waals surface area contributed by atoms with E-state index >= 15 is 0 Å². The minimum Gasteiger partial charge on any atom is -0.345 e. The number of aromatic nitrogens is 1. The summed E-state index contributed by atoms with van der Waals surface area (Å²) in [5.74, 6) is 2.69. The Balaban J connectivity index is 1.74. The quantitative estimate of drug-likeness (QED) is 0.474. The maximum Gasteiger partial charge on any atom is 0.416 e. The molecule has 9 heteroatoms. The molecule has 1 atom stereocenters. The first-order valence-corrected chi connectivity index (χ1v) is 9.39. The van der Waals surface area contributed by atoms with E-state index in [-0.39, 0.29) is 12.2 Å². The molecule has 32 heavy (non-hydrogen) atoms. The van der Waals surface area contributed by atoms with Crippen molar-refractivity contribution in [2.45, 2.75) is 19.0 Å². The number of pyridine rings is 1. The Morgan fingerprint density at radius 2 is 1.84 bits per heavy atom. The fourth-order valence-corrected chi connectivity index (χ4v) is 2.98. The van der Waals surface area contributed by atoms with Crippen molar-refractivity contribution in [1.82, 2.24) is 9.99 Å². The average Bonchev–Trinajstić information content (AvgIpc) is 2.79. The van der Waals surface area contributed by atoms with Crippen LogP contribution in [0.4, 0.5) is 18.9 Å². The number of ether oxygens (including phenoxy) is 1. The molecule has 0 bridgehead atoms. The van der Waals surface area contributed by atoms with Crippen LogP contribution < -0.4 is 0 Å². The minimum absolute atomic E-state index is 0.0956. The van der Waals surface area contributed by atoms with Crippen LogP contribution in [0.1, 0.15) is 34.2 Å². The maximum absolute atomic E-state index is 13.0. The summed E-state index contributed by atoms with van der Waals surface area (Å²) in [5, 5.41) is 18.8. The lowest BCUT2D eigenvalue weighted by molar-refractivity contribution is -0.137. The largest absolute Gasteiger partial charge is 0.416 e. The Bertz CT molecular complexity index is 1270. The number of alkyl halides is 3. The van der Waals surface area contributed by atoms with Crippen molar-refractivity contribution in [2.24, 2.45) is 10.3 Å². The zero-order valence-electron chi connectivity index (χ0n) is 16.4. The normalized spacial score (nSPS) is 15.6. The highest BCUT2D eigenvalue weighted by Crippen LogP contribution is 2.31. The monoisotopic (exact) mass is 433 g/mol. The van der Waals surface area contributed by atoms with E-state index in [9.17, 15) is 18.4 Å². The molecular formula is C23H14F3N5O. The number of fused-ring (bicyclic) bond motifs is 1. The Labute approximate surface area is 181 Å². The zero-order chi connectivity index (χ0) is 22.6. The number of nitriles is 1. The van der Waals surface area contributed by atoms with Crippen molar-refractivity contribution >= 4 is 5.69 Å². The standard InChI is InChI=1S/C23H14F3N5O/c24-23(25,26)19-7-2-4-16(13-19)9-11-31-22(18-6-1-5-17(12-18)14-27)32-15-21-20(29-30-31)8-3-10-28-21/h1-8,10,12-13,22H,15H2. The summed E-state index contributed by atoms with van der Waals surface area (Å²) < 4.78 is 45.0. The van der Waals surface area contributed by atoms with Crippen molar-refractivity contribution in [3.8, 4) is 18.0 Å². The molecule has 1 unspecified atom stereocenters. The van der Waals surface area contributed by atoms with Gasteiger partial charge in [-0.1, -0.05) is 23.4 Å². The summed E-state index contributed by atoms with van der Waals surface area (Å²) >= 11 is 0. The van der Waals surface area contributed by atoms with Crippen LogP contribution >= 0.6 is 0 Å². The zero-order valence-corrected chi connectivity index (χ0v) is 16.4. The van der Waals surface area contributed by atoms with Crippen LogP contribution in [0, 0.1) is 23.3 Å². The van der Waals surface area contributed by atoms with Gasteiger partial charge in [0.15, 0.2) is 6.23 Å². The SMILES string of the molecule is N#Cc1cccc(C2OCc3ncccc3N=NN2C#Cc2cccc(C(F)(F)F)c2)c1. The molecule has 1 aromatic heterocycles. The molecule has 1 aliphatic heterocycles. The molecule has 0 spiro atoms. The number of rotatable bonds is 1. The van der Waals surface area contributed by atoms with Gasteiger partial charge in [0.2, 0.25) is 0 Å². The lowest BCUT2D eigenvalue weighted by Crippen LogP contribution is -2.23. The molecule has 1 aliphatic rings. The molecule has 3 aromatic rings. The lowest BCUT2D eigenvalue weighted by atomic mass is 10.1. The van der Waals surface area contributed by atoms with Crippen molar-refractivity contribution in [3.63, 3.8) is 0 Å². The summed E-state index contributed by atoms with van der Waals surface area (Å²) in [5.41, 5.74) is 1.41. The van der Waals surface area contributed by atoms with Crippen molar-refractivity contribution in [2.75, 3.05) is 0 Å². The van der Waals surface area contributed by atoms with Gasteiger partial charge in [-0.25, -0.2) is 0 Å². The van der Waals surface area contributed by atoms with Gasteiger partial charge in [-0.2, -0.15) is 23.4 Å². The second-order valence-corrected chi connectivity index (χ2v) is 6.72. The molecule has 6 nitrogen and oxygen atoms in total. The topological polar surface area (TPSA) is 73.9 Å². The van der Waals surface area contributed by atoms with Crippen LogP contribution in [-0.2, 0) is 17.5 Å². The van der Waals surface area contributed by atoms with Crippen molar-refractivity contribution in [3.05, 3.63) is 94.8 Å². The van der Waals surface area contributed by atoms with Gasteiger partial charge in [0.1, 0.15) is 5.69 Å². The summed E-state index contributed by atoms with van der Waals surface area (Å²) in [7, 11) is 0. The Morgan fingerprint density at radius 1 is 1.03 bits per heavy atom. The van der Waals surface area contributed by atoms with E-state index in [2.05, 4.69) is 33.4 Å². The van der Waals surface area contributed by atoms with E-state index in [0.29, 0.717) is 22.5 Å². The molecular weight excluding hydrogens is 419 g/mol. The lowest BCUT2D eigenvalue weighted by Gasteiger charge is -2.25. The predicted molar refractivity (Wildman–Crippen MR) is 108 cm³/mol. The Morgan fingerprint density at radius 3 is 2.66 bits per heavy atom. The third-order valence-electron chi connectivity index (χ3n) is 4.52. The Kier molecular flexibility index (Phi) is 5.84. The molecule has 0 amide bonds. The number of nitrogens with zero attached hydrogens (tertiary/aromatic N) is 5. The molecule has 0 saturated heterocycles. The van der Waals surface area contributed by atoms with Gasteiger partial charge < -0.3 is 4.74 Å². The van der Waals surface area contributed by atoms with Gasteiger partial charge in [0, 0.05) is 23.4 Å². The summed E-state index contributed by atoms with van der Waals surface area (Å²) in [6.45, 7) is 0.0956. The van der Waals surface area contributed by atoms with E-state index < -0.39 is 18.0 Å². The number of hydrogen-bond donors (Lipinski definition) is 0. The summed E-state index contributed by atoms with van der Waals surface area (Å²) in [6.07, 6.45) is -3.73. The molecule has 0 saturated carbocycles. The molecule has 0 N–H and O–H groups in total. The number of hydrogen-bond acceptors (Lipinski definition) is 6. The smallest absolute Gasteiger partial charge is 0.345 e. The number of benzene rings is 2. The highest BCUT2D eigenvalue weighted by Gasteiger charge is 2.30. The van der Waals surface area contributed by atoms with Gasteiger partial charge >= 0.3 is 6.18 Å². The third kappa shape index (κ3) is 4.75. The maximum atomic E-state index is 13.0. The first-order valence-electron chi connectivity index (χ1n) is 9.39.